The highest BCUT2D eigenvalue weighted by atomic mass is 16.3. The molecule has 1 nitrogen and oxygen atoms in total. The van der Waals surface area contributed by atoms with E-state index >= 15 is 0 Å². The Balaban J connectivity index is 3.81. The largest absolute Gasteiger partial charge is 0.396 e. The quantitative estimate of drug-likeness (QED) is 0.629. The molecule has 0 aromatic carbocycles. The van der Waals surface area contributed by atoms with Crippen molar-refractivity contribution in [3.63, 3.8) is 0 Å². The molecule has 0 radical (unpaired) electrons. The Labute approximate surface area is 76.5 Å². The fourth-order valence-corrected chi connectivity index (χ4v) is 1.53. The summed E-state index contributed by atoms with van der Waals surface area (Å²) in [5.74, 6) is 1.09. The van der Waals surface area contributed by atoms with Gasteiger partial charge in [-0.3, -0.25) is 0 Å². The first-order chi connectivity index (χ1) is 5.60. The van der Waals surface area contributed by atoms with E-state index in [2.05, 4.69) is 33.8 Å². The van der Waals surface area contributed by atoms with Crippen molar-refractivity contribution >= 4 is 0 Å². The molecule has 0 rings (SSSR count). The first-order valence-corrected chi connectivity index (χ1v) is 4.86. The summed E-state index contributed by atoms with van der Waals surface area (Å²) in [5.41, 5.74) is 1.37. The van der Waals surface area contributed by atoms with Crippen molar-refractivity contribution in [1.82, 2.24) is 0 Å². The van der Waals surface area contributed by atoms with E-state index in [0.717, 1.165) is 12.8 Å². The standard InChI is InChI=1S/C11H22O/c1-5-11(8-12)7-10(4)6-9(2)3/h6,10-12H,5,7-8H2,1-4H3. The molecule has 0 aromatic heterocycles. The Morgan fingerprint density at radius 1 is 1.42 bits per heavy atom. The zero-order chi connectivity index (χ0) is 9.56. The van der Waals surface area contributed by atoms with E-state index in [1.54, 1.807) is 0 Å². The van der Waals surface area contributed by atoms with Crippen LogP contribution in [0.3, 0.4) is 0 Å². The average Bonchev–Trinajstić information content (AvgIpc) is 1.98. The SMILES string of the molecule is CCC(CO)CC(C)C=C(C)C. The van der Waals surface area contributed by atoms with E-state index < -0.39 is 0 Å². The minimum atomic E-state index is 0.331. The molecule has 0 saturated carbocycles. The summed E-state index contributed by atoms with van der Waals surface area (Å²) in [4.78, 5) is 0. The maximum absolute atomic E-state index is 8.99. The Morgan fingerprint density at radius 2 is 2.00 bits per heavy atom. The summed E-state index contributed by atoms with van der Waals surface area (Å²) in [5, 5.41) is 8.99. The van der Waals surface area contributed by atoms with Gasteiger partial charge in [-0.05, 0) is 32.1 Å². The predicted molar refractivity (Wildman–Crippen MR) is 54.1 cm³/mol. The smallest absolute Gasteiger partial charge is 0.0459 e. The summed E-state index contributed by atoms with van der Waals surface area (Å²) in [6, 6.07) is 0. The molecule has 2 unspecified atom stereocenters. The van der Waals surface area contributed by atoms with Gasteiger partial charge in [0.15, 0.2) is 0 Å². The van der Waals surface area contributed by atoms with Gasteiger partial charge in [0.2, 0.25) is 0 Å². The monoisotopic (exact) mass is 170 g/mol. The molecule has 72 valence electrons. The Bertz CT molecular complexity index is 130. The van der Waals surface area contributed by atoms with Crippen LogP contribution in [0.1, 0.15) is 40.5 Å². The van der Waals surface area contributed by atoms with Crippen LogP contribution in [0.5, 0.6) is 0 Å². The van der Waals surface area contributed by atoms with Crippen LogP contribution >= 0.6 is 0 Å². The summed E-state index contributed by atoms with van der Waals surface area (Å²) in [6.07, 6.45) is 4.47. The van der Waals surface area contributed by atoms with Crippen LogP contribution in [0.2, 0.25) is 0 Å². The third-order valence-corrected chi connectivity index (χ3v) is 2.16. The molecule has 0 heterocycles. The second-order valence-corrected chi connectivity index (χ2v) is 3.91. The van der Waals surface area contributed by atoms with Gasteiger partial charge in [-0.2, -0.15) is 0 Å². The maximum Gasteiger partial charge on any atom is 0.0459 e. The van der Waals surface area contributed by atoms with Crippen molar-refractivity contribution < 1.29 is 5.11 Å². The average molecular weight is 170 g/mol. The molecular weight excluding hydrogens is 148 g/mol. The normalized spacial score (nSPS) is 15.4. The van der Waals surface area contributed by atoms with Gasteiger partial charge in [0.25, 0.3) is 0 Å². The Morgan fingerprint density at radius 3 is 2.33 bits per heavy atom. The van der Waals surface area contributed by atoms with E-state index in [1.807, 2.05) is 0 Å². The van der Waals surface area contributed by atoms with E-state index in [9.17, 15) is 0 Å². The second-order valence-electron chi connectivity index (χ2n) is 3.91. The lowest BCUT2D eigenvalue weighted by Crippen LogP contribution is -2.08. The van der Waals surface area contributed by atoms with Crippen LogP contribution in [0.15, 0.2) is 11.6 Å². The zero-order valence-corrected chi connectivity index (χ0v) is 8.80. The highest BCUT2D eigenvalue weighted by Crippen LogP contribution is 2.16. The molecule has 0 amide bonds. The van der Waals surface area contributed by atoms with Crippen LogP contribution in [-0.2, 0) is 0 Å². The predicted octanol–water partition coefficient (Wildman–Crippen LogP) is 3.00. The number of aliphatic hydroxyl groups excluding tert-OH is 1. The van der Waals surface area contributed by atoms with Gasteiger partial charge in [-0.15, -0.1) is 0 Å². The number of allylic oxidation sites excluding steroid dienone is 2. The number of rotatable bonds is 5. The zero-order valence-electron chi connectivity index (χ0n) is 8.80. The van der Waals surface area contributed by atoms with Gasteiger partial charge in [-0.25, -0.2) is 0 Å². The third-order valence-electron chi connectivity index (χ3n) is 2.16. The van der Waals surface area contributed by atoms with Crippen LogP contribution in [0, 0.1) is 11.8 Å². The molecule has 12 heavy (non-hydrogen) atoms. The van der Waals surface area contributed by atoms with E-state index in [-0.39, 0.29) is 0 Å². The summed E-state index contributed by atoms with van der Waals surface area (Å²) < 4.78 is 0. The lowest BCUT2D eigenvalue weighted by molar-refractivity contribution is 0.206. The van der Waals surface area contributed by atoms with E-state index in [4.69, 9.17) is 5.11 Å². The summed E-state index contributed by atoms with van der Waals surface area (Å²) in [6.45, 7) is 8.92. The van der Waals surface area contributed by atoms with Crippen molar-refractivity contribution in [2.24, 2.45) is 11.8 Å². The van der Waals surface area contributed by atoms with Crippen molar-refractivity contribution in [1.29, 1.82) is 0 Å². The number of hydrogen-bond donors (Lipinski definition) is 1. The molecule has 0 aliphatic heterocycles. The van der Waals surface area contributed by atoms with Crippen LogP contribution < -0.4 is 0 Å². The number of hydrogen-bond acceptors (Lipinski definition) is 1. The maximum atomic E-state index is 8.99. The first-order valence-electron chi connectivity index (χ1n) is 4.86. The molecule has 2 atom stereocenters. The van der Waals surface area contributed by atoms with Gasteiger partial charge in [0.05, 0.1) is 0 Å². The molecule has 0 aliphatic rings. The molecule has 1 heteroatoms. The molecule has 0 saturated heterocycles. The Hall–Kier alpha value is -0.300. The van der Waals surface area contributed by atoms with Crippen molar-refractivity contribution in [3.8, 4) is 0 Å². The highest BCUT2D eigenvalue weighted by molar-refractivity contribution is 4.96. The molecular formula is C11H22O. The summed E-state index contributed by atoms with van der Waals surface area (Å²) in [7, 11) is 0. The topological polar surface area (TPSA) is 20.2 Å². The van der Waals surface area contributed by atoms with Crippen LogP contribution in [-0.4, -0.2) is 11.7 Å². The fourth-order valence-electron chi connectivity index (χ4n) is 1.53. The van der Waals surface area contributed by atoms with Crippen LogP contribution in [0.25, 0.3) is 0 Å². The lowest BCUT2D eigenvalue weighted by atomic mass is 9.93. The van der Waals surface area contributed by atoms with Gasteiger partial charge in [-0.1, -0.05) is 31.9 Å². The minimum absolute atomic E-state index is 0.331. The number of aliphatic hydroxyl groups is 1. The fraction of sp³-hybridized carbons (Fsp3) is 0.818. The molecule has 0 spiro atoms. The van der Waals surface area contributed by atoms with Gasteiger partial charge in [0.1, 0.15) is 0 Å². The van der Waals surface area contributed by atoms with Gasteiger partial charge >= 0.3 is 0 Å². The van der Waals surface area contributed by atoms with Crippen LogP contribution in [0.4, 0.5) is 0 Å². The van der Waals surface area contributed by atoms with Crippen molar-refractivity contribution in [2.75, 3.05) is 6.61 Å². The summed E-state index contributed by atoms with van der Waals surface area (Å²) >= 11 is 0. The van der Waals surface area contributed by atoms with Crippen molar-refractivity contribution in [2.45, 2.75) is 40.5 Å². The molecule has 0 bridgehead atoms. The van der Waals surface area contributed by atoms with Crippen molar-refractivity contribution in [3.05, 3.63) is 11.6 Å². The molecule has 0 fully saturated rings. The molecule has 1 N–H and O–H groups in total. The first kappa shape index (κ1) is 11.7. The van der Waals surface area contributed by atoms with Gasteiger partial charge < -0.3 is 5.11 Å². The van der Waals surface area contributed by atoms with Gasteiger partial charge in [0, 0.05) is 6.61 Å². The highest BCUT2D eigenvalue weighted by Gasteiger charge is 2.08. The minimum Gasteiger partial charge on any atom is -0.396 e. The lowest BCUT2D eigenvalue weighted by Gasteiger charge is -2.14. The molecule has 0 aromatic rings. The van der Waals surface area contributed by atoms with E-state index in [1.165, 1.54) is 5.57 Å². The third kappa shape index (κ3) is 5.36. The molecule has 0 aliphatic carbocycles. The second kappa shape index (κ2) is 6.24. The Kier molecular flexibility index (Phi) is 6.09. The van der Waals surface area contributed by atoms with E-state index in [0.29, 0.717) is 18.4 Å².